The van der Waals surface area contributed by atoms with Gasteiger partial charge in [0, 0.05) is 20.1 Å². The standard InChI is InChI=1S/C21H24N2O2S/c1-22(18-11-10-15-6-2-3-8-17(15)18)20(24)16-7-4-12-23(14-16)21(25)19-9-5-13-26-19/h2-3,5-6,8-9,13,16,18H,4,7,10-12,14H2,1H3. The van der Waals surface area contributed by atoms with E-state index in [2.05, 4.69) is 24.3 Å². The van der Waals surface area contributed by atoms with E-state index in [-0.39, 0.29) is 23.8 Å². The first kappa shape index (κ1) is 17.3. The molecular formula is C21H24N2O2S. The fourth-order valence-electron chi connectivity index (χ4n) is 4.30. The van der Waals surface area contributed by atoms with E-state index in [1.165, 1.54) is 22.5 Å². The van der Waals surface area contributed by atoms with Crippen molar-refractivity contribution in [1.29, 1.82) is 0 Å². The lowest BCUT2D eigenvalue weighted by molar-refractivity contribution is -0.137. The van der Waals surface area contributed by atoms with Crippen LogP contribution in [0, 0.1) is 5.92 Å². The molecule has 2 heterocycles. The third-order valence-electron chi connectivity index (χ3n) is 5.71. The molecule has 4 nitrogen and oxygen atoms in total. The summed E-state index contributed by atoms with van der Waals surface area (Å²) in [7, 11) is 1.93. The van der Waals surface area contributed by atoms with Gasteiger partial charge in [0.2, 0.25) is 5.91 Å². The van der Waals surface area contributed by atoms with Crippen molar-refractivity contribution in [2.75, 3.05) is 20.1 Å². The number of nitrogens with zero attached hydrogens (tertiary/aromatic N) is 2. The maximum atomic E-state index is 13.1. The summed E-state index contributed by atoms with van der Waals surface area (Å²) in [6.07, 6.45) is 3.78. The molecule has 0 bridgehead atoms. The molecule has 4 rings (SSSR count). The van der Waals surface area contributed by atoms with E-state index in [4.69, 9.17) is 0 Å². The van der Waals surface area contributed by atoms with Crippen LogP contribution in [0.5, 0.6) is 0 Å². The lowest BCUT2D eigenvalue weighted by Crippen LogP contribution is -2.46. The number of likely N-dealkylation sites (tertiary alicyclic amines) is 1. The van der Waals surface area contributed by atoms with Gasteiger partial charge in [-0.15, -0.1) is 11.3 Å². The molecule has 1 aromatic heterocycles. The molecule has 1 aliphatic heterocycles. The Morgan fingerprint density at radius 3 is 2.81 bits per heavy atom. The Kier molecular flexibility index (Phi) is 4.81. The fourth-order valence-corrected chi connectivity index (χ4v) is 4.99. The van der Waals surface area contributed by atoms with E-state index in [0.717, 1.165) is 37.1 Å². The molecule has 2 unspecified atom stereocenters. The molecule has 0 radical (unpaired) electrons. The molecule has 1 aromatic carbocycles. The summed E-state index contributed by atoms with van der Waals surface area (Å²) in [5.74, 6) is 0.146. The van der Waals surface area contributed by atoms with E-state index in [9.17, 15) is 9.59 Å². The van der Waals surface area contributed by atoms with Gasteiger partial charge in [0.05, 0.1) is 16.8 Å². The van der Waals surface area contributed by atoms with Crippen LogP contribution in [0.2, 0.25) is 0 Å². The van der Waals surface area contributed by atoms with Gasteiger partial charge in [0.15, 0.2) is 0 Å². The number of carbonyl (C=O) groups excluding carboxylic acids is 2. The maximum Gasteiger partial charge on any atom is 0.263 e. The van der Waals surface area contributed by atoms with Gasteiger partial charge in [0.1, 0.15) is 0 Å². The van der Waals surface area contributed by atoms with E-state index >= 15 is 0 Å². The zero-order valence-corrected chi connectivity index (χ0v) is 15.9. The minimum absolute atomic E-state index is 0.0614. The Balaban J connectivity index is 1.45. The van der Waals surface area contributed by atoms with Gasteiger partial charge in [-0.2, -0.15) is 0 Å². The number of thiophene rings is 1. The average molecular weight is 369 g/mol. The first-order valence-corrected chi connectivity index (χ1v) is 10.2. The molecule has 26 heavy (non-hydrogen) atoms. The zero-order chi connectivity index (χ0) is 18.1. The predicted molar refractivity (Wildman–Crippen MR) is 103 cm³/mol. The first-order valence-electron chi connectivity index (χ1n) is 9.32. The number of rotatable bonds is 3. The Morgan fingerprint density at radius 1 is 1.15 bits per heavy atom. The molecule has 136 valence electrons. The number of benzene rings is 1. The molecule has 1 fully saturated rings. The Morgan fingerprint density at radius 2 is 2.00 bits per heavy atom. The highest BCUT2D eigenvalue weighted by molar-refractivity contribution is 7.12. The molecule has 0 N–H and O–H groups in total. The topological polar surface area (TPSA) is 40.6 Å². The van der Waals surface area contributed by atoms with Crippen LogP contribution >= 0.6 is 11.3 Å². The summed E-state index contributed by atoms with van der Waals surface area (Å²) in [4.78, 5) is 30.3. The number of hydrogen-bond donors (Lipinski definition) is 0. The molecule has 2 aromatic rings. The van der Waals surface area contributed by atoms with Crippen LogP contribution in [0.3, 0.4) is 0 Å². The van der Waals surface area contributed by atoms with Crippen LogP contribution in [0.25, 0.3) is 0 Å². The Hall–Kier alpha value is -2.14. The van der Waals surface area contributed by atoms with Crippen molar-refractivity contribution in [1.82, 2.24) is 9.80 Å². The predicted octanol–water partition coefficient (Wildman–Crippen LogP) is 3.75. The SMILES string of the molecule is CN(C(=O)C1CCCN(C(=O)c2cccs2)C1)C1CCc2ccccc21. The van der Waals surface area contributed by atoms with Gasteiger partial charge in [-0.1, -0.05) is 30.3 Å². The largest absolute Gasteiger partial charge is 0.338 e. The number of piperidine rings is 1. The van der Waals surface area contributed by atoms with E-state index < -0.39 is 0 Å². The summed E-state index contributed by atoms with van der Waals surface area (Å²) in [5.41, 5.74) is 2.64. The van der Waals surface area contributed by atoms with Gasteiger partial charge < -0.3 is 9.80 Å². The molecule has 5 heteroatoms. The molecule has 2 atom stereocenters. The second-order valence-corrected chi connectivity index (χ2v) is 8.22. The average Bonchev–Trinajstić information content (AvgIpc) is 3.36. The molecule has 2 amide bonds. The quantitative estimate of drug-likeness (QED) is 0.828. The van der Waals surface area contributed by atoms with Crippen molar-refractivity contribution >= 4 is 23.2 Å². The highest BCUT2D eigenvalue weighted by atomic mass is 32.1. The summed E-state index contributed by atoms with van der Waals surface area (Å²) in [5, 5.41) is 1.92. The number of aryl methyl sites for hydroxylation is 1. The molecule has 2 aliphatic rings. The summed E-state index contributed by atoms with van der Waals surface area (Å²) in [6, 6.07) is 12.4. The lowest BCUT2D eigenvalue weighted by Gasteiger charge is -2.35. The van der Waals surface area contributed by atoms with Gasteiger partial charge in [-0.25, -0.2) is 0 Å². The van der Waals surface area contributed by atoms with E-state index in [0.29, 0.717) is 6.54 Å². The maximum absolute atomic E-state index is 13.1. The van der Waals surface area contributed by atoms with E-state index in [1.807, 2.05) is 34.4 Å². The Bertz CT molecular complexity index is 802. The highest BCUT2D eigenvalue weighted by Gasteiger charge is 2.35. The minimum atomic E-state index is -0.0922. The van der Waals surface area contributed by atoms with Crippen LogP contribution in [-0.2, 0) is 11.2 Å². The van der Waals surface area contributed by atoms with Gasteiger partial charge in [0.25, 0.3) is 5.91 Å². The molecule has 0 spiro atoms. The van der Waals surface area contributed by atoms with E-state index in [1.54, 1.807) is 0 Å². The van der Waals surface area contributed by atoms with Crippen molar-refractivity contribution in [2.45, 2.75) is 31.7 Å². The molecule has 0 saturated carbocycles. The monoisotopic (exact) mass is 368 g/mol. The van der Waals surface area contributed by atoms with Crippen LogP contribution in [0.1, 0.15) is 46.1 Å². The van der Waals surface area contributed by atoms with Crippen LogP contribution < -0.4 is 0 Å². The van der Waals surface area contributed by atoms with Crippen molar-refractivity contribution in [3.8, 4) is 0 Å². The van der Waals surface area contributed by atoms with Gasteiger partial charge in [-0.3, -0.25) is 9.59 Å². The van der Waals surface area contributed by atoms with Gasteiger partial charge >= 0.3 is 0 Å². The molecule has 1 saturated heterocycles. The minimum Gasteiger partial charge on any atom is -0.338 e. The van der Waals surface area contributed by atoms with Crippen LogP contribution in [-0.4, -0.2) is 41.8 Å². The second kappa shape index (κ2) is 7.23. The second-order valence-electron chi connectivity index (χ2n) is 7.27. The third kappa shape index (κ3) is 3.16. The zero-order valence-electron chi connectivity index (χ0n) is 15.1. The van der Waals surface area contributed by atoms with Crippen LogP contribution in [0.4, 0.5) is 0 Å². The number of amides is 2. The summed E-state index contributed by atoms with van der Waals surface area (Å²) in [6.45, 7) is 1.28. The molecule has 1 aliphatic carbocycles. The smallest absolute Gasteiger partial charge is 0.263 e. The normalized spacial score (nSPS) is 22.1. The van der Waals surface area contributed by atoms with Gasteiger partial charge in [-0.05, 0) is 48.3 Å². The number of carbonyl (C=O) groups is 2. The van der Waals surface area contributed by atoms with Crippen LogP contribution in [0.15, 0.2) is 41.8 Å². The van der Waals surface area contributed by atoms with Crippen molar-refractivity contribution in [3.63, 3.8) is 0 Å². The Labute approximate surface area is 158 Å². The number of hydrogen-bond acceptors (Lipinski definition) is 3. The lowest BCUT2D eigenvalue weighted by atomic mass is 9.95. The fraction of sp³-hybridized carbons (Fsp3) is 0.429. The van der Waals surface area contributed by atoms with Crippen molar-refractivity contribution in [3.05, 3.63) is 57.8 Å². The summed E-state index contributed by atoms with van der Waals surface area (Å²) < 4.78 is 0. The van der Waals surface area contributed by atoms with Crippen molar-refractivity contribution < 1.29 is 9.59 Å². The summed E-state index contributed by atoms with van der Waals surface area (Å²) >= 11 is 1.47. The number of fused-ring (bicyclic) bond motifs is 1. The molecular weight excluding hydrogens is 344 g/mol. The first-order chi connectivity index (χ1) is 12.6. The van der Waals surface area contributed by atoms with Crippen molar-refractivity contribution in [2.24, 2.45) is 5.92 Å². The highest BCUT2D eigenvalue weighted by Crippen LogP contribution is 2.36. The third-order valence-corrected chi connectivity index (χ3v) is 6.56.